The molecule has 0 saturated carbocycles. The van der Waals surface area contributed by atoms with Gasteiger partial charge < -0.3 is 0 Å². The lowest BCUT2D eigenvalue weighted by atomic mass is 10.1. The van der Waals surface area contributed by atoms with Gasteiger partial charge in [-0.2, -0.15) is 0 Å². The Kier molecular flexibility index (Phi) is 10.2. The predicted octanol–water partition coefficient (Wildman–Crippen LogP) is 4.35. The molecule has 0 aliphatic heterocycles. The maximum Gasteiger partial charge on any atom is 0.327 e. The van der Waals surface area contributed by atoms with Crippen LogP contribution < -0.4 is 0 Å². The second kappa shape index (κ2) is 10.1. The van der Waals surface area contributed by atoms with E-state index in [1.807, 2.05) is 0 Å². The summed E-state index contributed by atoms with van der Waals surface area (Å²) in [5.41, 5.74) is 0. The highest BCUT2D eigenvalue weighted by Crippen LogP contribution is 2.16. The zero-order valence-corrected chi connectivity index (χ0v) is 9.69. The molecule has 3 heteroatoms. The van der Waals surface area contributed by atoms with Gasteiger partial charge in [0.05, 0.1) is 6.10 Å². The van der Waals surface area contributed by atoms with E-state index in [4.69, 9.17) is 4.52 Å². The molecule has 0 heterocycles. The molecule has 2 nitrogen and oxygen atoms in total. The molecule has 0 N–H and O–H groups in total. The monoisotopic (exact) mass is 204 g/mol. The third-order valence-electron chi connectivity index (χ3n) is 2.18. The van der Waals surface area contributed by atoms with Gasteiger partial charge in [-0.15, -0.1) is 0 Å². The van der Waals surface area contributed by atoms with E-state index in [-0.39, 0.29) is 14.8 Å². The van der Waals surface area contributed by atoms with E-state index >= 15 is 0 Å². The Labute approximate surface area is 83.3 Å². The van der Waals surface area contributed by atoms with Crippen molar-refractivity contribution in [1.82, 2.24) is 0 Å². The second-order valence-corrected chi connectivity index (χ2v) is 3.80. The van der Waals surface area contributed by atoms with Crippen LogP contribution in [0.5, 0.6) is 0 Å². The molecule has 0 radical (unpaired) electrons. The topological polar surface area (TPSA) is 26.3 Å². The van der Waals surface area contributed by atoms with E-state index in [2.05, 4.69) is 13.8 Å². The van der Waals surface area contributed by atoms with Gasteiger partial charge >= 0.3 is 8.69 Å². The largest absolute Gasteiger partial charge is 0.327 e. The summed E-state index contributed by atoms with van der Waals surface area (Å²) < 4.78 is 15.3. The first-order valence-corrected chi connectivity index (χ1v) is 6.06. The molecule has 0 amide bonds. The molecule has 0 aromatic heterocycles. The van der Waals surface area contributed by atoms with Gasteiger partial charge in [-0.05, 0) is 12.8 Å². The molecular weight excluding hydrogens is 183 g/mol. The highest BCUT2D eigenvalue weighted by atomic mass is 31.1. The number of hydrogen-bond donors (Lipinski definition) is 0. The minimum absolute atomic E-state index is 0.163. The van der Waals surface area contributed by atoms with Gasteiger partial charge in [0.15, 0.2) is 0 Å². The molecule has 1 unspecified atom stereocenters. The number of rotatable bonds is 9. The summed E-state index contributed by atoms with van der Waals surface area (Å²) >= 11 is 0. The normalized spacial score (nSPS) is 13.4. The van der Waals surface area contributed by atoms with Crippen LogP contribution >= 0.6 is 8.69 Å². The van der Waals surface area contributed by atoms with Crippen LogP contribution in [-0.4, -0.2) is 6.10 Å². The molecule has 0 rings (SSSR count). The molecule has 78 valence electrons. The van der Waals surface area contributed by atoms with Crippen molar-refractivity contribution in [2.75, 3.05) is 0 Å². The summed E-state index contributed by atoms with van der Waals surface area (Å²) in [6.07, 6.45) is 8.44. The van der Waals surface area contributed by atoms with Crippen molar-refractivity contribution in [2.24, 2.45) is 0 Å². The first-order valence-electron chi connectivity index (χ1n) is 5.33. The summed E-state index contributed by atoms with van der Waals surface area (Å²) in [6, 6.07) is 0. The van der Waals surface area contributed by atoms with Gasteiger partial charge in [0, 0.05) is 0 Å². The van der Waals surface area contributed by atoms with Crippen molar-refractivity contribution in [1.29, 1.82) is 0 Å². The van der Waals surface area contributed by atoms with Crippen LogP contribution in [-0.2, 0) is 9.09 Å². The maximum absolute atomic E-state index is 10.3. The summed E-state index contributed by atoms with van der Waals surface area (Å²) in [5, 5.41) is 0. The molecule has 1 atom stereocenters. The molecule has 13 heavy (non-hydrogen) atoms. The third kappa shape index (κ3) is 8.39. The van der Waals surface area contributed by atoms with Crippen LogP contribution in [0.15, 0.2) is 0 Å². The quantitative estimate of drug-likeness (QED) is 0.412. The van der Waals surface area contributed by atoms with Crippen LogP contribution in [0.25, 0.3) is 0 Å². The SMILES string of the molecule is CCCCCCC(CCC)OP=O. The van der Waals surface area contributed by atoms with Crippen LogP contribution in [0.2, 0.25) is 0 Å². The smallest absolute Gasteiger partial charge is 0.291 e. The van der Waals surface area contributed by atoms with Crippen LogP contribution in [0, 0.1) is 0 Å². The highest BCUT2D eigenvalue weighted by molar-refractivity contribution is 7.17. The zero-order valence-electron chi connectivity index (χ0n) is 8.79. The van der Waals surface area contributed by atoms with Gasteiger partial charge in [0.2, 0.25) is 0 Å². The number of unbranched alkanes of at least 4 members (excludes halogenated alkanes) is 3. The summed E-state index contributed by atoms with van der Waals surface area (Å²) in [5.74, 6) is 0. The molecular formula is C10H21O2P. The van der Waals surface area contributed by atoms with Gasteiger partial charge in [-0.3, -0.25) is 4.52 Å². The molecule has 0 bridgehead atoms. The van der Waals surface area contributed by atoms with E-state index in [0.717, 1.165) is 19.3 Å². The van der Waals surface area contributed by atoms with Crippen molar-refractivity contribution in [2.45, 2.75) is 64.9 Å². The Morgan fingerprint density at radius 3 is 2.38 bits per heavy atom. The molecule has 0 aromatic carbocycles. The fourth-order valence-electron chi connectivity index (χ4n) is 1.43. The first kappa shape index (κ1) is 13.1. The summed E-state index contributed by atoms with van der Waals surface area (Å²) in [4.78, 5) is 0. The Morgan fingerprint density at radius 1 is 1.08 bits per heavy atom. The van der Waals surface area contributed by atoms with Crippen LogP contribution in [0.1, 0.15) is 58.8 Å². The Morgan fingerprint density at radius 2 is 1.85 bits per heavy atom. The minimum Gasteiger partial charge on any atom is -0.291 e. The highest BCUT2D eigenvalue weighted by Gasteiger charge is 2.07. The van der Waals surface area contributed by atoms with Gasteiger partial charge in [0.25, 0.3) is 0 Å². The van der Waals surface area contributed by atoms with Crippen molar-refractivity contribution >= 4 is 8.69 Å². The molecule has 0 spiro atoms. The van der Waals surface area contributed by atoms with E-state index in [0.29, 0.717) is 0 Å². The Bertz CT molecular complexity index is 117. The predicted molar refractivity (Wildman–Crippen MR) is 56.1 cm³/mol. The Balaban J connectivity index is 3.38. The standard InChI is InChI=1S/C10H21O2P/c1-3-5-6-7-9-10(8-4-2)12-13-11/h10H,3-9H2,1-2H3. The maximum atomic E-state index is 10.3. The molecule has 0 fully saturated rings. The van der Waals surface area contributed by atoms with Crippen molar-refractivity contribution in [3.8, 4) is 0 Å². The first-order chi connectivity index (χ1) is 6.35. The van der Waals surface area contributed by atoms with E-state index in [9.17, 15) is 4.57 Å². The zero-order chi connectivity index (χ0) is 9.94. The fraction of sp³-hybridized carbons (Fsp3) is 1.00. The molecule has 0 saturated heterocycles. The number of hydrogen-bond acceptors (Lipinski definition) is 2. The van der Waals surface area contributed by atoms with E-state index < -0.39 is 0 Å². The second-order valence-electron chi connectivity index (χ2n) is 3.44. The van der Waals surface area contributed by atoms with Crippen molar-refractivity contribution in [3.63, 3.8) is 0 Å². The lowest BCUT2D eigenvalue weighted by molar-refractivity contribution is 0.195. The van der Waals surface area contributed by atoms with Gasteiger partial charge in [-0.25, -0.2) is 4.57 Å². The minimum atomic E-state index is -0.163. The summed E-state index contributed by atoms with van der Waals surface area (Å²) in [7, 11) is -0.163. The Hall–Kier alpha value is 0.0600. The van der Waals surface area contributed by atoms with Crippen LogP contribution in [0.3, 0.4) is 0 Å². The molecule has 0 aliphatic rings. The van der Waals surface area contributed by atoms with Crippen molar-refractivity contribution in [3.05, 3.63) is 0 Å². The average Bonchev–Trinajstić information content (AvgIpc) is 2.13. The fourth-order valence-corrected chi connectivity index (χ4v) is 1.76. The molecule has 0 aliphatic carbocycles. The summed E-state index contributed by atoms with van der Waals surface area (Å²) in [6.45, 7) is 4.33. The van der Waals surface area contributed by atoms with Crippen molar-refractivity contribution < 1.29 is 9.09 Å². The average molecular weight is 204 g/mol. The lowest BCUT2D eigenvalue weighted by Gasteiger charge is -2.11. The third-order valence-corrected chi connectivity index (χ3v) is 2.57. The van der Waals surface area contributed by atoms with Gasteiger partial charge in [0.1, 0.15) is 0 Å². The lowest BCUT2D eigenvalue weighted by Crippen LogP contribution is -2.06. The molecule has 0 aromatic rings. The van der Waals surface area contributed by atoms with Crippen LogP contribution in [0.4, 0.5) is 0 Å². The van der Waals surface area contributed by atoms with Gasteiger partial charge in [-0.1, -0.05) is 46.0 Å². The van der Waals surface area contributed by atoms with E-state index in [1.165, 1.54) is 25.7 Å². The van der Waals surface area contributed by atoms with E-state index in [1.54, 1.807) is 0 Å².